The van der Waals surface area contributed by atoms with Crippen molar-refractivity contribution in [2.45, 2.75) is 13.3 Å². The fourth-order valence-electron chi connectivity index (χ4n) is 1.43. The Hall–Kier alpha value is -2.10. The van der Waals surface area contributed by atoms with Gasteiger partial charge in [-0.05, 0) is 36.2 Å². The largest absolute Gasteiger partial charge is 0.382 e. The van der Waals surface area contributed by atoms with Gasteiger partial charge in [0.15, 0.2) is 5.82 Å². The van der Waals surface area contributed by atoms with Crippen LogP contribution in [-0.2, 0) is 6.42 Å². The maximum atomic E-state index is 5.46. The van der Waals surface area contributed by atoms with Gasteiger partial charge in [-0.3, -0.25) is 0 Å². The lowest BCUT2D eigenvalue weighted by Crippen LogP contribution is -1.98. The number of rotatable bonds is 3. The van der Waals surface area contributed by atoms with Crippen LogP contribution >= 0.6 is 0 Å². The number of anilines is 3. The Morgan fingerprint density at radius 3 is 2.75 bits per heavy atom. The summed E-state index contributed by atoms with van der Waals surface area (Å²) in [6, 6.07) is 11.7. The molecule has 2 rings (SSSR count). The van der Waals surface area contributed by atoms with Crippen LogP contribution in [0.15, 0.2) is 36.4 Å². The molecule has 0 aliphatic carbocycles. The Balaban J connectivity index is 2.16. The van der Waals surface area contributed by atoms with Crippen molar-refractivity contribution in [2.75, 3.05) is 11.1 Å². The molecule has 0 aliphatic rings. The molecule has 0 aliphatic heterocycles. The van der Waals surface area contributed by atoms with Gasteiger partial charge in [-0.1, -0.05) is 19.1 Å². The zero-order valence-corrected chi connectivity index (χ0v) is 9.14. The molecule has 0 radical (unpaired) electrons. The molecule has 82 valence electrons. The van der Waals surface area contributed by atoms with Crippen molar-refractivity contribution < 1.29 is 0 Å². The van der Waals surface area contributed by atoms with Crippen molar-refractivity contribution in [1.82, 2.24) is 10.2 Å². The van der Waals surface area contributed by atoms with Gasteiger partial charge in [0.25, 0.3) is 0 Å². The van der Waals surface area contributed by atoms with E-state index >= 15 is 0 Å². The third-order valence-corrected chi connectivity index (χ3v) is 2.29. The van der Waals surface area contributed by atoms with Crippen molar-refractivity contribution in [3.8, 4) is 0 Å². The minimum absolute atomic E-state index is 0.424. The molecule has 0 fully saturated rings. The standard InChI is InChI=1S/C12H14N4/c1-2-9-4-3-5-10(8-9)14-12-7-6-11(13)15-16-12/h3-8H,2H2,1H3,(H2,13,15)(H,14,16). The second-order valence-electron chi connectivity index (χ2n) is 3.52. The van der Waals surface area contributed by atoms with Crippen molar-refractivity contribution in [1.29, 1.82) is 0 Å². The summed E-state index contributed by atoms with van der Waals surface area (Å²) in [6.45, 7) is 2.13. The molecule has 1 aromatic heterocycles. The molecule has 0 amide bonds. The summed E-state index contributed by atoms with van der Waals surface area (Å²) in [5, 5.41) is 10.9. The van der Waals surface area contributed by atoms with Gasteiger partial charge in [-0.15, -0.1) is 10.2 Å². The molecule has 2 aromatic rings. The first-order chi connectivity index (χ1) is 7.78. The smallest absolute Gasteiger partial charge is 0.153 e. The van der Waals surface area contributed by atoms with Crippen molar-refractivity contribution in [3.63, 3.8) is 0 Å². The molecular formula is C12H14N4. The van der Waals surface area contributed by atoms with Crippen LogP contribution < -0.4 is 11.1 Å². The monoisotopic (exact) mass is 214 g/mol. The van der Waals surface area contributed by atoms with Crippen molar-refractivity contribution >= 4 is 17.3 Å². The van der Waals surface area contributed by atoms with E-state index in [0.717, 1.165) is 12.1 Å². The predicted octanol–water partition coefficient (Wildman–Crippen LogP) is 2.36. The van der Waals surface area contributed by atoms with Crippen LogP contribution in [0.5, 0.6) is 0 Å². The first-order valence-electron chi connectivity index (χ1n) is 5.23. The van der Waals surface area contributed by atoms with Crippen LogP contribution in [0.1, 0.15) is 12.5 Å². The average Bonchev–Trinajstić information content (AvgIpc) is 2.32. The maximum absolute atomic E-state index is 5.46. The molecule has 1 heterocycles. The fourth-order valence-corrected chi connectivity index (χ4v) is 1.43. The summed E-state index contributed by atoms with van der Waals surface area (Å²) in [4.78, 5) is 0. The summed E-state index contributed by atoms with van der Waals surface area (Å²) in [7, 11) is 0. The van der Waals surface area contributed by atoms with Crippen LogP contribution in [-0.4, -0.2) is 10.2 Å². The van der Waals surface area contributed by atoms with Crippen molar-refractivity contribution in [2.24, 2.45) is 0 Å². The van der Waals surface area contributed by atoms with Gasteiger partial charge in [0.2, 0.25) is 0 Å². The summed E-state index contributed by atoms with van der Waals surface area (Å²) in [5.74, 6) is 1.12. The quantitative estimate of drug-likeness (QED) is 0.823. The van der Waals surface area contributed by atoms with Gasteiger partial charge in [0.1, 0.15) is 5.82 Å². The van der Waals surface area contributed by atoms with E-state index in [2.05, 4.69) is 34.6 Å². The Labute approximate surface area is 94.5 Å². The Bertz CT molecular complexity index is 465. The second-order valence-corrected chi connectivity index (χ2v) is 3.52. The third kappa shape index (κ3) is 2.48. The van der Waals surface area contributed by atoms with Gasteiger partial charge >= 0.3 is 0 Å². The summed E-state index contributed by atoms with van der Waals surface area (Å²) in [5.41, 5.74) is 7.76. The molecule has 4 heteroatoms. The highest BCUT2D eigenvalue weighted by Gasteiger charge is 1.97. The van der Waals surface area contributed by atoms with E-state index in [0.29, 0.717) is 11.6 Å². The van der Waals surface area contributed by atoms with Crippen LogP contribution in [0.25, 0.3) is 0 Å². The first-order valence-corrected chi connectivity index (χ1v) is 5.23. The molecule has 1 aromatic carbocycles. The zero-order valence-electron chi connectivity index (χ0n) is 9.14. The van der Waals surface area contributed by atoms with E-state index in [4.69, 9.17) is 5.73 Å². The topological polar surface area (TPSA) is 63.8 Å². The zero-order chi connectivity index (χ0) is 11.4. The number of nitrogens with one attached hydrogen (secondary N) is 1. The molecule has 0 spiro atoms. The van der Waals surface area contributed by atoms with E-state index in [-0.39, 0.29) is 0 Å². The molecule has 4 nitrogen and oxygen atoms in total. The van der Waals surface area contributed by atoms with E-state index in [1.807, 2.05) is 12.1 Å². The van der Waals surface area contributed by atoms with Gasteiger partial charge in [0, 0.05) is 5.69 Å². The van der Waals surface area contributed by atoms with Gasteiger partial charge < -0.3 is 11.1 Å². The van der Waals surface area contributed by atoms with Gasteiger partial charge in [-0.25, -0.2) is 0 Å². The molecule has 16 heavy (non-hydrogen) atoms. The highest BCUT2D eigenvalue weighted by Crippen LogP contribution is 2.16. The maximum Gasteiger partial charge on any atom is 0.153 e. The minimum atomic E-state index is 0.424. The lowest BCUT2D eigenvalue weighted by molar-refractivity contribution is 1.05. The number of hydrogen-bond donors (Lipinski definition) is 2. The number of aryl methyl sites for hydroxylation is 1. The Morgan fingerprint density at radius 1 is 1.19 bits per heavy atom. The highest BCUT2D eigenvalue weighted by atomic mass is 15.2. The van der Waals surface area contributed by atoms with E-state index < -0.39 is 0 Å². The molecule has 0 atom stereocenters. The summed E-state index contributed by atoms with van der Waals surface area (Å²) in [6.07, 6.45) is 1.02. The van der Waals surface area contributed by atoms with Crippen LogP contribution in [0.4, 0.5) is 17.3 Å². The van der Waals surface area contributed by atoms with E-state index in [9.17, 15) is 0 Å². The number of nitrogens with two attached hydrogens (primary N) is 1. The fraction of sp³-hybridized carbons (Fsp3) is 0.167. The van der Waals surface area contributed by atoms with E-state index in [1.165, 1.54) is 5.56 Å². The molecule has 3 N–H and O–H groups in total. The molecular weight excluding hydrogens is 200 g/mol. The second kappa shape index (κ2) is 4.61. The Kier molecular flexibility index (Phi) is 3.00. The van der Waals surface area contributed by atoms with Gasteiger partial charge in [0.05, 0.1) is 0 Å². The molecule has 0 unspecified atom stereocenters. The average molecular weight is 214 g/mol. The number of nitrogen functional groups attached to an aromatic ring is 1. The van der Waals surface area contributed by atoms with E-state index in [1.54, 1.807) is 12.1 Å². The van der Waals surface area contributed by atoms with Crippen LogP contribution in [0.2, 0.25) is 0 Å². The lowest BCUT2D eigenvalue weighted by Gasteiger charge is -2.06. The normalized spacial score (nSPS) is 10.1. The summed E-state index contributed by atoms with van der Waals surface area (Å²) >= 11 is 0. The molecule has 0 saturated carbocycles. The third-order valence-electron chi connectivity index (χ3n) is 2.29. The molecule has 0 bridgehead atoms. The number of aromatic nitrogens is 2. The minimum Gasteiger partial charge on any atom is -0.382 e. The van der Waals surface area contributed by atoms with Crippen LogP contribution in [0, 0.1) is 0 Å². The van der Waals surface area contributed by atoms with Crippen molar-refractivity contribution in [3.05, 3.63) is 42.0 Å². The number of nitrogens with zero attached hydrogens (tertiary/aromatic N) is 2. The molecule has 0 saturated heterocycles. The number of benzene rings is 1. The first kappa shape index (κ1) is 10.4. The lowest BCUT2D eigenvalue weighted by atomic mass is 10.1. The van der Waals surface area contributed by atoms with Gasteiger partial charge in [-0.2, -0.15) is 0 Å². The Morgan fingerprint density at radius 2 is 2.06 bits per heavy atom. The highest BCUT2D eigenvalue weighted by molar-refractivity contribution is 5.57. The number of hydrogen-bond acceptors (Lipinski definition) is 4. The SMILES string of the molecule is CCc1cccc(Nc2ccc(N)nn2)c1. The predicted molar refractivity (Wildman–Crippen MR) is 65.5 cm³/mol. The van der Waals surface area contributed by atoms with Crippen LogP contribution in [0.3, 0.4) is 0 Å². The summed E-state index contributed by atoms with van der Waals surface area (Å²) < 4.78 is 0.